The van der Waals surface area contributed by atoms with Crippen LogP contribution in [0.3, 0.4) is 0 Å². The number of aromatic nitrogens is 1. The van der Waals surface area contributed by atoms with E-state index in [0.29, 0.717) is 44.5 Å². The lowest BCUT2D eigenvalue weighted by Crippen LogP contribution is -2.57. The molecule has 1 aromatic heterocycles. The molecule has 2 unspecified atom stereocenters. The molecule has 2 amide bonds. The van der Waals surface area contributed by atoms with Gasteiger partial charge >= 0.3 is 0 Å². The Kier molecular flexibility index (Phi) is 6.92. The van der Waals surface area contributed by atoms with Crippen molar-refractivity contribution in [2.45, 2.75) is 62.9 Å². The SMILES string of the molecule is C=CC(=O)NC1CC(C)N(S(=O)(=O)C2CCN(C(=O)c3ccccn3)CC2)C(C)C1. The Morgan fingerprint density at radius 2 is 1.80 bits per heavy atom. The molecular weight excluding hydrogens is 404 g/mol. The molecule has 3 heterocycles. The third-order valence-corrected chi connectivity index (χ3v) is 8.60. The van der Waals surface area contributed by atoms with Crippen LogP contribution in [0, 0.1) is 0 Å². The topological polar surface area (TPSA) is 99.7 Å². The van der Waals surface area contributed by atoms with Crippen molar-refractivity contribution >= 4 is 21.8 Å². The van der Waals surface area contributed by atoms with Crippen molar-refractivity contribution in [3.63, 3.8) is 0 Å². The number of sulfonamides is 1. The first-order valence-electron chi connectivity index (χ1n) is 10.4. The van der Waals surface area contributed by atoms with Gasteiger partial charge in [0.15, 0.2) is 0 Å². The number of carbonyl (C=O) groups is 2. The fraction of sp³-hybridized carbons (Fsp3) is 0.571. The number of hydrogen-bond donors (Lipinski definition) is 1. The highest BCUT2D eigenvalue weighted by Crippen LogP contribution is 2.31. The van der Waals surface area contributed by atoms with Crippen LogP contribution in [0.2, 0.25) is 0 Å². The van der Waals surface area contributed by atoms with Crippen molar-refractivity contribution in [1.29, 1.82) is 0 Å². The largest absolute Gasteiger partial charge is 0.350 e. The molecule has 9 heteroatoms. The van der Waals surface area contributed by atoms with Crippen molar-refractivity contribution in [1.82, 2.24) is 19.5 Å². The van der Waals surface area contributed by atoms with E-state index in [9.17, 15) is 18.0 Å². The quantitative estimate of drug-likeness (QED) is 0.709. The fourth-order valence-electron chi connectivity index (χ4n) is 4.62. The summed E-state index contributed by atoms with van der Waals surface area (Å²) in [5, 5.41) is 2.38. The van der Waals surface area contributed by atoms with E-state index >= 15 is 0 Å². The van der Waals surface area contributed by atoms with E-state index in [1.165, 1.54) is 6.08 Å². The molecule has 0 aromatic carbocycles. The van der Waals surface area contributed by atoms with Gasteiger partial charge < -0.3 is 10.2 Å². The van der Waals surface area contributed by atoms with Crippen molar-refractivity contribution < 1.29 is 18.0 Å². The van der Waals surface area contributed by atoms with Gasteiger partial charge in [0, 0.05) is 37.4 Å². The van der Waals surface area contributed by atoms with Crippen LogP contribution in [0.4, 0.5) is 0 Å². The van der Waals surface area contributed by atoms with Crippen molar-refractivity contribution in [2.24, 2.45) is 0 Å². The molecule has 2 saturated heterocycles. The van der Waals surface area contributed by atoms with Gasteiger partial charge in [-0.25, -0.2) is 8.42 Å². The van der Waals surface area contributed by atoms with E-state index in [1.54, 1.807) is 33.6 Å². The zero-order valence-corrected chi connectivity index (χ0v) is 18.3. The van der Waals surface area contributed by atoms with Crippen LogP contribution >= 0.6 is 0 Å². The Morgan fingerprint density at radius 3 is 2.33 bits per heavy atom. The second-order valence-corrected chi connectivity index (χ2v) is 10.3. The average molecular weight is 435 g/mol. The number of nitrogens with zero attached hydrogens (tertiary/aromatic N) is 3. The molecule has 2 aliphatic heterocycles. The summed E-state index contributed by atoms with van der Waals surface area (Å²) >= 11 is 0. The summed E-state index contributed by atoms with van der Waals surface area (Å²) < 4.78 is 28.4. The maximum absolute atomic E-state index is 13.4. The molecule has 3 rings (SSSR count). The van der Waals surface area contributed by atoms with Crippen LogP contribution in [-0.2, 0) is 14.8 Å². The van der Waals surface area contributed by atoms with Crippen LogP contribution in [0.5, 0.6) is 0 Å². The van der Waals surface area contributed by atoms with Crippen LogP contribution in [-0.4, -0.2) is 70.9 Å². The van der Waals surface area contributed by atoms with Crippen LogP contribution in [0.15, 0.2) is 37.1 Å². The molecule has 2 aliphatic rings. The van der Waals surface area contributed by atoms with Gasteiger partial charge in [0.25, 0.3) is 5.91 Å². The second kappa shape index (κ2) is 9.26. The van der Waals surface area contributed by atoms with Crippen molar-refractivity contribution in [2.75, 3.05) is 13.1 Å². The maximum Gasteiger partial charge on any atom is 0.272 e. The van der Waals surface area contributed by atoms with E-state index in [0.717, 1.165) is 0 Å². The number of nitrogens with one attached hydrogen (secondary N) is 1. The number of rotatable bonds is 5. The van der Waals surface area contributed by atoms with Gasteiger partial charge in [-0.3, -0.25) is 14.6 Å². The Labute approximate surface area is 178 Å². The summed E-state index contributed by atoms with van der Waals surface area (Å²) in [5.41, 5.74) is 0.379. The fourth-order valence-corrected chi connectivity index (χ4v) is 6.95. The first-order valence-corrected chi connectivity index (χ1v) is 11.9. The molecule has 8 nitrogen and oxygen atoms in total. The molecule has 0 aliphatic carbocycles. The van der Waals surface area contributed by atoms with Crippen LogP contribution in [0.1, 0.15) is 50.0 Å². The van der Waals surface area contributed by atoms with Crippen LogP contribution < -0.4 is 5.32 Å². The van der Waals surface area contributed by atoms with Crippen molar-refractivity contribution in [3.8, 4) is 0 Å². The first kappa shape index (κ1) is 22.4. The predicted octanol–water partition coefficient (Wildman–Crippen LogP) is 1.56. The molecule has 30 heavy (non-hydrogen) atoms. The molecule has 164 valence electrons. The molecule has 0 radical (unpaired) electrons. The number of piperidine rings is 2. The Hall–Kier alpha value is -2.26. The van der Waals surface area contributed by atoms with E-state index in [-0.39, 0.29) is 29.9 Å². The lowest BCUT2D eigenvalue weighted by Gasteiger charge is -2.44. The van der Waals surface area contributed by atoms with Gasteiger partial charge in [-0.05, 0) is 57.7 Å². The molecule has 0 saturated carbocycles. The zero-order valence-electron chi connectivity index (χ0n) is 17.5. The molecule has 1 aromatic rings. The molecule has 0 spiro atoms. The minimum absolute atomic E-state index is 0.0650. The van der Waals surface area contributed by atoms with Crippen molar-refractivity contribution in [3.05, 3.63) is 42.7 Å². The lowest BCUT2D eigenvalue weighted by atomic mass is 9.95. The normalized spacial score (nSPS) is 26.2. The molecule has 2 atom stereocenters. The van der Waals surface area contributed by atoms with Gasteiger partial charge in [-0.15, -0.1) is 0 Å². The summed E-state index contributed by atoms with van der Waals surface area (Å²) in [7, 11) is -3.51. The number of likely N-dealkylation sites (tertiary alicyclic amines) is 1. The number of pyridine rings is 1. The standard InChI is InChI=1S/C21H30N4O4S/c1-4-20(26)23-17-13-15(2)25(16(3)14-17)30(28,29)18-8-11-24(12-9-18)21(27)19-7-5-6-10-22-19/h4-7,10,15-18H,1,8-9,11-14H2,2-3H3,(H,23,26). The predicted molar refractivity (Wildman–Crippen MR) is 114 cm³/mol. The Balaban J connectivity index is 1.63. The number of hydrogen-bond acceptors (Lipinski definition) is 5. The number of amides is 2. The third kappa shape index (κ3) is 4.73. The summed E-state index contributed by atoms with van der Waals surface area (Å²) in [4.78, 5) is 30.0. The number of carbonyl (C=O) groups excluding carboxylic acids is 2. The lowest BCUT2D eigenvalue weighted by molar-refractivity contribution is -0.117. The average Bonchev–Trinajstić information content (AvgIpc) is 2.73. The van der Waals surface area contributed by atoms with E-state index in [4.69, 9.17) is 0 Å². The van der Waals surface area contributed by atoms with Crippen LogP contribution in [0.25, 0.3) is 0 Å². The monoisotopic (exact) mass is 434 g/mol. The molecular formula is C21H30N4O4S. The smallest absolute Gasteiger partial charge is 0.272 e. The summed E-state index contributed by atoms with van der Waals surface area (Å²) in [6, 6.07) is 4.71. The zero-order chi connectivity index (χ0) is 21.9. The Bertz CT molecular complexity index is 870. The van der Waals surface area contributed by atoms with E-state index in [2.05, 4.69) is 16.9 Å². The minimum atomic E-state index is -3.51. The highest BCUT2D eigenvalue weighted by atomic mass is 32.2. The van der Waals surface area contributed by atoms with Gasteiger partial charge in [0.2, 0.25) is 15.9 Å². The third-order valence-electron chi connectivity index (χ3n) is 5.98. The van der Waals surface area contributed by atoms with Gasteiger partial charge in [0.1, 0.15) is 5.69 Å². The van der Waals surface area contributed by atoms with Gasteiger partial charge in [-0.2, -0.15) is 4.31 Å². The molecule has 0 bridgehead atoms. The molecule has 2 fully saturated rings. The van der Waals surface area contributed by atoms with E-state index < -0.39 is 15.3 Å². The minimum Gasteiger partial charge on any atom is -0.350 e. The molecule has 1 N–H and O–H groups in total. The van der Waals surface area contributed by atoms with Gasteiger partial charge in [0.05, 0.1) is 5.25 Å². The summed E-state index contributed by atoms with van der Waals surface area (Å²) in [5.74, 6) is -0.396. The van der Waals surface area contributed by atoms with Gasteiger partial charge in [-0.1, -0.05) is 12.6 Å². The maximum atomic E-state index is 13.4. The highest BCUT2D eigenvalue weighted by Gasteiger charge is 2.43. The highest BCUT2D eigenvalue weighted by molar-refractivity contribution is 7.89. The second-order valence-electron chi connectivity index (χ2n) is 8.16. The first-order chi connectivity index (χ1) is 14.2. The summed E-state index contributed by atoms with van der Waals surface area (Å²) in [6.45, 7) is 8.04. The van der Waals surface area contributed by atoms with E-state index in [1.807, 2.05) is 13.8 Å². The Morgan fingerprint density at radius 1 is 1.17 bits per heavy atom. The summed E-state index contributed by atoms with van der Waals surface area (Å²) in [6.07, 6.45) is 4.77.